The maximum atomic E-state index is 12.9. The quantitative estimate of drug-likeness (QED) is 0.306. The molecule has 9 nitrogen and oxygen atoms in total. The summed E-state index contributed by atoms with van der Waals surface area (Å²) in [6.07, 6.45) is -0.946. The van der Waals surface area contributed by atoms with Gasteiger partial charge >= 0.3 is 0 Å². The van der Waals surface area contributed by atoms with E-state index in [4.69, 9.17) is 5.73 Å². The number of nitrogens with two attached hydrogens (primary N) is 1. The molecule has 9 heteroatoms. The summed E-state index contributed by atoms with van der Waals surface area (Å²) in [4.78, 5) is 48.1. The van der Waals surface area contributed by atoms with Crippen LogP contribution in [0.25, 0.3) is 0 Å². The SMILES string of the molecule is CC(=O)N[C@H](C(=O)N[C@H](C(=O)N[C@@H](CC(C)C)[C@@H](O)CC(N)=O)C(C)C)C(C)C. The lowest BCUT2D eigenvalue weighted by molar-refractivity contribution is -0.134. The number of primary amides is 1. The predicted molar refractivity (Wildman–Crippen MR) is 110 cm³/mol. The fourth-order valence-electron chi connectivity index (χ4n) is 2.97. The van der Waals surface area contributed by atoms with Crippen LogP contribution in [0.15, 0.2) is 0 Å². The second-order valence-electron chi connectivity index (χ2n) is 8.63. The minimum Gasteiger partial charge on any atom is -0.390 e. The van der Waals surface area contributed by atoms with Gasteiger partial charge in [-0.3, -0.25) is 19.2 Å². The maximum Gasteiger partial charge on any atom is 0.243 e. The van der Waals surface area contributed by atoms with E-state index in [1.807, 2.05) is 13.8 Å². The molecule has 0 heterocycles. The topological polar surface area (TPSA) is 151 Å². The molecule has 0 saturated heterocycles. The van der Waals surface area contributed by atoms with Crippen LogP contribution in [0.5, 0.6) is 0 Å². The van der Waals surface area contributed by atoms with Gasteiger partial charge in [0.25, 0.3) is 0 Å². The number of hydrogen-bond donors (Lipinski definition) is 5. The van der Waals surface area contributed by atoms with E-state index < -0.39 is 42.0 Å². The number of amides is 4. The lowest BCUT2D eigenvalue weighted by Crippen LogP contribution is -2.58. The van der Waals surface area contributed by atoms with E-state index >= 15 is 0 Å². The summed E-state index contributed by atoms with van der Waals surface area (Å²) in [5.74, 6) is -2.17. The molecule has 4 atom stereocenters. The van der Waals surface area contributed by atoms with Gasteiger partial charge in [0.2, 0.25) is 23.6 Å². The van der Waals surface area contributed by atoms with Crippen LogP contribution >= 0.6 is 0 Å². The van der Waals surface area contributed by atoms with Crippen molar-refractivity contribution in [3.05, 3.63) is 0 Å². The molecule has 0 aromatic rings. The Morgan fingerprint density at radius 2 is 1.28 bits per heavy atom. The molecule has 168 valence electrons. The molecule has 0 bridgehead atoms. The van der Waals surface area contributed by atoms with Gasteiger partial charge in [-0.25, -0.2) is 0 Å². The highest BCUT2D eigenvalue weighted by Crippen LogP contribution is 2.13. The van der Waals surface area contributed by atoms with Gasteiger partial charge in [-0.15, -0.1) is 0 Å². The van der Waals surface area contributed by atoms with Crippen LogP contribution < -0.4 is 21.7 Å². The Morgan fingerprint density at radius 1 is 0.828 bits per heavy atom. The van der Waals surface area contributed by atoms with Crippen LogP contribution in [-0.2, 0) is 19.2 Å². The molecule has 0 fully saturated rings. The van der Waals surface area contributed by atoms with E-state index in [9.17, 15) is 24.3 Å². The highest BCUT2D eigenvalue weighted by molar-refractivity contribution is 5.92. The number of hydrogen-bond acceptors (Lipinski definition) is 5. The number of carbonyl (C=O) groups excluding carboxylic acids is 4. The highest BCUT2D eigenvalue weighted by Gasteiger charge is 2.32. The minimum absolute atomic E-state index is 0.153. The van der Waals surface area contributed by atoms with Crippen molar-refractivity contribution in [1.82, 2.24) is 16.0 Å². The van der Waals surface area contributed by atoms with E-state index in [1.54, 1.807) is 27.7 Å². The van der Waals surface area contributed by atoms with Crippen molar-refractivity contribution in [2.45, 2.75) is 85.5 Å². The van der Waals surface area contributed by atoms with Crippen molar-refractivity contribution in [2.24, 2.45) is 23.5 Å². The van der Waals surface area contributed by atoms with E-state index in [2.05, 4.69) is 16.0 Å². The Labute approximate surface area is 173 Å². The van der Waals surface area contributed by atoms with Crippen LogP contribution in [0.3, 0.4) is 0 Å². The largest absolute Gasteiger partial charge is 0.390 e. The average Bonchev–Trinajstić information content (AvgIpc) is 2.54. The second-order valence-corrected chi connectivity index (χ2v) is 8.63. The van der Waals surface area contributed by atoms with Crippen molar-refractivity contribution in [3.63, 3.8) is 0 Å². The highest BCUT2D eigenvalue weighted by atomic mass is 16.3. The van der Waals surface area contributed by atoms with Gasteiger partial charge in [0, 0.05) is 6.92 Å². The molecule has 0 radical (unpaired) electrons. The van der Waals surface area contributed by atoms with Crippen LogP contribution in [0, 0.1) is 17.8 Å². The Balaban J connectivity index is 5.37. The third kappa shape index (κ3) is 10.3. The van der Waals surface area contributed by atoms with Gasteiger partial charge < -0.3 is 26.8 Å². The van der Waals surface area contributed by atoms with E-state index in [1.165, 1.54) is 6.92 Å². The maximum absolute atomic E-state index is 12.9. The molecule has 0 aliphatic rings. The van der Waals surface area contributed by atoms with Crippen LogP contribution in [0.4, 0.5) is 0 Å². The van der Waals surface area contributed by atoms with Gasteiger partial charge in [0.05, 0.1) is 18.6 Å². The molecule has 29 heavy (non-hydrogen) atoms. The van der Waals surface area contributed by atoms with Crippen LogP contribution in [-0.4, -0.2) is 53.0 Å². The first-order chi connectivity index (χ1) is 13.3. The number of carbonyl (C=O) groups is 4. The standard InChI is InChI=1S/C20H38N4O5/c1-10(2)8-14(15(26)9-16(21)27)23-19(28)18(12(5)6)24-20(29)17(11(3)4)22-13(7)25/h10-12,14-15,17-18,26H,8-9H2,1-7H3,(H2,21,27)(H,22,25)(H,23,28)(H,24,29)/t14-,15-,17-,18-/m0/s1. The number of rotatable bonds is 12. The van der Waals surface area contributed by atoms with Crippen molar-refractivity contribution >= 4 is 23.6 Å². The van der Waals surface area contributed by atoms with E-state index in [-0.39, 0.29) is 30.1 Å². The van der Waals surface area contributed by atoms with Crippen LogP contribution in [0.1, 0.15) is 61.3 Å². The van der Waals surface area contributed by atoms with Gasteiger partial charge in [0.1, 0.15) is 12.1 Å². The molecule has 0 unspecified atom stereocenters. The molecule has 0 aromatic heterocycles. The summed E-state index contributed by atoms with van der Waals surface area (Å²) < 4.78 is 0. The molecule has 4 amide bonds. The Morgan fingerprint density at radius 3 is 1.66 bits per heavy atom. The molecular weight excluding hydrogens is 376 g/mol. The monoisotopic (exact) mass is 414 g/mol. The lowest BCUT2D eigenvalue weighted by atomic mass is 9.95. The first kappa shape index (κ1) is 26.8. The van der Waals surface area contributed by atoms with Crippen molar-refractivity contribution in [3.8, 4) is 0 Å². The molecule has 0 saturated carbocycles. The molecule has 0 aliphatic carbocycles. The summed E-state index contributed by atoms with van der Waals surface area (Å²) >= 11 is 0. The van der Waals surface area contributed by atoms with Crippen molar-refractivity contribution in [1.29, 1.82) is 0 Å². The number of nitrogens with one attached hydrogen (secondary N) is 3. The summed E-state index contributed by atoms with van der Waals surface area (Å²) in [6.45, 7) is 12.3. The first-order valence-corrected chi connectivity index (χ1v) is 10.1. The summed E-state index contributed by atoms with van der Waals surface area (Å²) in [5, 5.41) is 18.3. The first-order valence-electron chi connectivity index (χ1n) is 10.1. The zero-order chi connectivity index (χ0) is 22.9. The number of aliphatic hydroxyl groups is 1. The Bertz CT molecular complexity index is 577. The molecule has 0 aromatic carbocycles. The van der Waals surface area contributed by atoms with Gasteiger partial charge in [-0.1, -0.05) is 41.5 Å². The fraction of sp³-hybridized carbons (Fsp3) is 0.800. The molecule has 0 rings (SSSR count). The molecule has 0 aliphatic heterocycles. The summed E-state index contributed by atoms with van der Waals surface area (Å²) in [5.41, 5.74) is 5.16. The minimum atomic E-state index is -1.12. The van der Waals surface area contributed by atoms with E-state index in [0.29, 0.717) is 6.42 Å². The summed E-state index contributed by atoms with van der Waals surface area (Å²) in [7, 11) is 0. The van der Waals surface area contributed by atoms with Crippen molar-refractivity contribution < 1.29 is 24.3 Å². The normalized spacial score (nSPS) is 15.6. The lowest BCUT2D eigenvalue weighted by Gasteiger charge is -2.30. The zero-order valence-corrected chi connectivity index (χ0v) is 18.6. The number of aliphatic hydroxyl groups excluding tert-OH is 1. The van der Waals surface area contributed by atoms with Crippen LogP contribution in [0.2, 0.25) is 0 Å². The molecular formula is C20H38N4O5. The average molecular weight is 415 g/mol. The zero-order valence-electron chi connectivity index (χ0n) is 18.6. The smallest absolute Gasteiger partial charge is 0.243 e. The Hall–Kier alpha value is -2.16. The third-order valence-electron chi connectivity index (χ3n) is 4.48. The predicted octanol–water partition coefficient (Wildman–Crippen LogP) is 0.0551. The van der Waals surface area contributed by atoms with Gasteiger partial charge in [0.15, 0.2) is 0 Å². The van der Waals surface area contributed by atoms with Crippen molar-refractivity contribution in [2.75, 3.05) is 0 Å². The Kier molecular flexibility index (Phi) is 11.5. The van der Waals surface area contributed by atoms with E-state index in [0.717, 1.165) is 0 Å². The summed E-state index contributed by atoms with van der Waals surface area (Å²) in [6, 6.07) is -2.31. The molecule has 0 spiro atoms. The van der Waals surface area contributed by atoms with Gasteiger partial charge in [-0.2, -0.15) is 0 Å². The van der Waals surface area contributed by atoms with Gasteiger partial charge in [-0.05, 0) is 24.2 Å². The third-order valence-corrected chi connectivity index (χ3v) is 4.48. The fourth-order valence-corrected chi connectivity index (χ4v) is 2.97. The second kappa shape index (κ2) is 12.4. The molecule has 6 N–H and O–H groups in total.